The van der Waals surface area contributed by atoms with E-state index in [1.54, 1.807) is 6.92 Å². The monoisotopic (exact) mass is 335 g/mol. The predicted octanol–water partition coefficient (Wildman–Crippen LogP) is 0.763. The van der Waals surface area contributed by atoms with Gasteiger partial charge in [0.05, 0.1) is 0 Å². The van der Waals surface area contributed by atoms with Crippen LogP contribution in [0, 0.1) is 11.3 Å². The van der Waals surface area contributed by atoms with E-state index in [1.165, 1.54) is 6.92 Å². The summed E-state index contributed by atoms with van der Waals surface area (Å²) in [5, 5.41) is 22.8. The molecule has 0 amide bonds. The highest BCUT2D eigenvalue weighted by Crippen LogP contribution is 2.66. The van der Waals surface area contributed by atoms with Crippen molar-refractivity contribution in [1.29, 1.82) is 0 Å². The van der Waals surface area contributed by atoms with Gasteiger partial charge in [-0.05, 0) is 26.2 Å². The van der Waals surface area contributed by atoms with Crippen molar-refractivity contribution in [2.75, 3.05) is 13.1 Å². The Morgan fingerprint density at radius 2 is 2.12 bits per heavy atom. The van der Waals surface area contributed by atoms with Gasteiger partial charge < -0.3 is 14.9 Å². The third-order valence-electron chi connectivity index (χ3n) is 6.68. The van der Waals surface area contributed by atoms with Crippen molar-refractivity contribution in [3.63, 3.8) is 0 Å². The fourth-order valence-corrected chi connectivity index (χ4v) is 5.99. The highest BCUT2D eigenvalue weighted by Gasteiger charge is 2.74. The van der Waals surface area contributed by atoms with Crippen molar-refractivity contribution in [1.82, 2.24) is 4.90 Å². The summed E-state index contributed by atoms with van der Waals surface area (Å²) in [4.78, 5) is 26.4. The number of hydrogen-bond acceptors (Lipinski definition) is 6. The number of Topliss-reactive ketones (excluding diaryl/α,β-unsaturated/α-hetero) is 1. The standard InChI is InChI=1S/C18H25NO5/c1-11(20)24-15-13-9-14(21)12-5-3-7-19-8-4-6-17(12,13)18(19,23)10-16(15,2)22/h5,13,15,22-23H,3-4,6-10H2,1-2H3/t13-,15+,16-,17-,18-/m1/s1. The predicted molar refractivity (Wildman–Crippen MR) is 84.8 cm³/mol. The van der Waals surface area contributed by atoms with E-state index in [0.717, 1.165) is 19.4 Å². The topological polar surface area (TPSA) is 87.1 Å². The van der Waals surface area contributed by atoms with Gasteiger partial charge in [0, 0.05) is 49.8 Å². The molecule has 24 heavy (non-hydrogen) atoms. The molecule has 0 radical (unpaired) electrons. The van der Waals surface area contributed by atoms with Gasteiger partial charge in [0.25, 0.3) is 0 Å². The molecule has 132 valence electrons. The maximum Gasteiger partial charge on any atom is 0.303 e. The molecule has 3 fully saturated rings. The van der Waals surface area contributed by atoms with Crippen LogP contribution in [0.15, 0.2) is 11.6 Å². The number of ether oxygens (including phenoxy) is 1. The number of rotatable bonds is 1. The average Bonchev–Trinajstić information content (AvgIpc) is 2.73. The molecule has 2 N–H and O–H groups in total. The van der Waals surface area contributed by atoms with E-state index in [2.05, 4.69) is 0 Å². The summed E-state index contributed by atoms with van der Waals surface area (Å²) in [5.74, 6) is -0.819. The molecule has 4 aliphatic rings. The third kappa shape index (κ3) is 1.82. The lowest BCUT2D eigenvalue weighted by molar-refractivity contribution is -0.298. The fourth-order valence-electron chi connectivity index (χ4n) is 5.99. The Bertz CT molecular complexity index is 641. The lowest BCUT2D eigenvalue weighted by Crippen LogP contribution is -2.74. The molecule has 0 aromatic carbocycles. The normalized spacial score (nSPS) is 49.9. The molecule has 2 heterocycles. The molecule has 1 unspecified atom stereocenters. The van der Waals surface area contributed by atoms with Crippen molar-refractivity contribution in [3.8, 4) is 0 Å². The molecule has 2 saturated carbocycles. The van der Waals surface area contributed by atoms with Gasteiger partial charge >= 0.3 is 5.97 Å². The van der Waals surface area contributed by atoms with Crippen LogP contribution in [0.3, 0.4) is 0 Å². The molecule has 1 spiro atoms. The van der Waals surface area contributed by atoms with E-state index in [9.17, 15) is 19.8 Å². The number of hydrogen-bond donors (Lipinski definition) is 2. The van der Waals surface area contributed by atoms with Crippen LogP contribution < -0.4 is 0 Å². The van der Waals surface area contributed by atoms with Crippen LogP contribution in [0.2, 0.25) is 0 Å². The van der Waals surface area contributed by atoms with Crippen molar-refractivity contribution >= 4 is 11.8 Å². The number of carbonyl (C=O) groups is 2. The molecular formula is C18H25NO5. The maximum absolute atomic E-state index is 12.8. The zero-order chi connectivity index (χ0) is 17.3. The number of carbonyl (C=O) groups excluding carboxylic acids is 2. The minimum absolute atomic E-state index is 0.0250. The van der Waals surface area contributed by atoms with Crippen molar-refractivity contribution in [3.05, 3.63) is 11.6 Å². The van der Waals surface area contributed by atoms with Crippen LogP contribution >= 0.6 is 0 Å². The molecule has 4 rings (SSSR count). The zero-order valence-electron chi connectivity index (χ0n) is 14.2. The zero-order valence-corrected chi connectivity index (χ0v) is 14.2. The highest BCUT2D eigenvalue weighted by molar-refractivity contribution is 6.00. The average molecular weight is 335 g/mol. The van der Waals surface area contributed by atoms with E-state index in [4.69, 9.17) is 4.74 Å². The first-order valence-electron chi connectivity index (χ1n) is 8.83. The van der Waals surface area contributed by atoms with Crippen LogP contribution in [0.1, 0.15) is 46.0 Å². The van der Waals surface area contributed by atoms with Gasteiger partial charge in [-0.15, -0.1) is 0 Å². The van der Waals surface area contributed by atoms with Crippen molar-refractivity contribution in [2.45, 2.75) is 63.4 Å². The van der Waals surface area contributed by atoms with Gasteiger partial charge in [0.2, 0.25) is 0 Å². The Hall–Kier alpha value is -1.24. The number of nitrogens with zero attached hydrogens (tertiary/aromatic N) is 1. The molecule has 0 aromatic heterocycles. The number of aliphatic hydroxyl groups is 2. The molecule has 6 atom stereocenters. The van der Waals surface area contributed by atoms with Crippen LogP contribution in [0.5, 0.6) is 0 Å². The van der Waals surface area contributed by atoms with E-state index in [1.807, 2.05) is 11.0 Å². The number of ketones is 1. The Balaban J connectivity index is 1.92. The number of esters is 1. The summed E-state index contributed by atoms with van der Waals surface area (Å²) in [6.07, 6.45) is 3.80. The molecule has 2 aliphatic heterocycles. The van der Waals surface area contributed by atoms with E-state index in [0.29, 0.717) is 18.5 Å². The van der Waals surface area contributed by atoms with Crippen LogP contribution in [-0.2, 0) is 14.3 Å². The minimum atomic E-state index is -1.37. The van der Waals surface area contributed by atoms with E-state index >= 15 is 0 Å². The second-order valence-electron chi connectivity index (χ2n) is 8.08. The van der Waals surface area contributed by atoms with Gasteiger partial charge in [-0.1, -0.05) is 6.08 Å². The summed E-state index contributed by atoms with van der Waals surface area (Å²) in [5.41, 5.74) is -2.67. The van der Waals surface area contributed by atoms with Gasteiger partial charge in [-0.3, -0.25) is 14.5 Å². The lowest BCUT2D eigenvalue weighted by Gasteiger charge is -2.63. The van der Waals surface area contributed by atoms with Gasteiger partial charge in [-0.25, -0.2) is 0 Å². The quantitative estimate of drug-likeness (QED) is 0.688. The molecule has 2 bridgehead atoms. The molecule has 2 aliphatic carbocycles. The second kappa shape index (κ2) is 4.90. The first-order valence-corrected chi connectivity index (χ1v) is 8.83. The van der Waals surface area contributed by atoms with Crippen LogP contribution in [0.4, 0.5) is 0 Å². The largest absolute Gasteiger partial charge is 0.459 e. The summed E-state index contributed by atoms with van der Waals surface area (Å²) in [7, 11) is 0. The van der Waals surface area contributed by atoms with Crippen LogP contribution in [0.25, 0.3) is 0 Å². The lowest BCUT2D eigenvalue weighted by atomic mass is 9.53. The van der Waals surface area contributed by atoms with Gasteiger partial charge in [-0.2, -0.15) is 0 Å². The first-order chi connectivity index (χ1) is 11.2. The maximum atomic E-state index is 12.8. The molecule has 6 heteroatoms. The highest BCUT2D eigenvalue weighted by atomic mass is 16.6. The molecule has 1 saturated heterocycles. The Kier molecular flexibility index (Phi) is 3.31. The first kappa shape index (κ1) is 16.2. The smallest absolute Gasteiger partial charge is 0.303 e. The van der Waals surface area contributed by atoms with Crippen molar-refractivity contribution < 1.29 is 24.5 Å². The molecular weight excluding hydrogens is 310 g/mol. The molecule has 0 aromatic rings. The summed E-state index contributed by atoms with van der Waals surface area (Å²) < 4.78 is 5.51. The van der Waals surface area contributed by atoms with Crippen molar-refractivity contribution in [2.24, 2.45) is 11.3 Å². The van der Waals surface area contributed by atoms with Gasteiger partial charge in [0.1, 0.15) is 17.4 Å². The SMILES string of the molecule is CC(=O)O[C@H]1[C@H]2CC(=O)C3=CCCN4CCC[C@@]32[C@]4(O)C[C@@]1(C)O. The summed E-state index contributed by atoms with van der Waals surface area (Å²) in [6.45, 7) is 4.37. The minimum Gasteiger partial charge on any atom is -0.459 e. The molecule has 6 nitrogen and oxygen atoms in total. The van der Waals surface area contributed by atoms with Crippen LogP contribution in [-0.4, -0.2) is 57.4 Å². The van der Waals surface area contributed by atoms with E-state index < -0.39 is 28.8 Å². The number of piperidine rings is 1. The van der Waals surface area contributed by atoms with Gasteiger partial charge in [0.15, 0.2) is 5.78 Å². The second-order valence-corrected chi connectivity index (χ2v) is 8.08. The summed E-state index contributed by atoms with van der Waals surface area (Å²) >= 11 is 0. The Morgan fingerprint density at radius 3 is 2.83 bits per heavy atom. The van der Waals surface area contributed by atoms with E-state index in [-0.39, 0.29) is 24.5 Å². The Labute approximate surface area is 141 Å². The summed E-state index contributed by atoms with van der Waals surface area (Å²) in [6, 6.07) is 0. The Morgan fingerprint density at radius 1 is 1.38 bits per heavy atom. The fraction of sp³-hybridized carbons (Fsp3) is 0.778. The third-order valence-corrected chi connectivity index (χ3v) is 6.68.